The van der Waals surface area contributed by atoms with Crippen LogP contribution in [0.1, 0.15) is 33.6 Å². The van der Waals surface area contributed by atoms with Gasteiger partial charge >= 0.3 is 12.1 Å². The highest BCUT2D eigenvalue weighted by Gasteiger charge is 2.23. The second-order valence-corrected chi connectivity index (χ2v) is 4.63. The molecule has 0 saturated carbocycles. The summed E-state index contributed by atoms with van der Waals surface area (Å²) in [6.45, 7) is 5.24. The van der Waals surface area contributed by atoms with Gasteiger partial charge in [-0.05, 0) is 39.1 Å². The predicted octanol–water partition coefficient (Wildman–Crippen LogP) is 2.05. The molecule has 0 spiro atoms. The van der Waals surface area contributed by atoms with Crippen LogP contribution in [0.25, 0.3) is 10.4 Å². The van der Waals surface area contributed by atoms with Crippen molar-refractivity contribution in [3.05, 3.63) is 10.4 Å². The highest BCUT2D eigenvalue weighted by atomic mass is 16.6. The van der Waals surface area contributed by atoms with Crippen LogP contribution in [-0.2, 0) is 9.53 Å². The topological polar surface area (TPSA) is 124 Å². The first-order chi connectivity index (χ1) is 8.26. The van der Waals surface area contributed by atoms with E-state index in [4.69, 9.17) is 15.4 Å². The largest absolute Gasteiger partial charge is 0.480 e. The summed E-state index contributed by atoms with van der Waals surface area (Å²) in [5.41, 5.74) is 7.38. The lowest BCUT2D eigenvalue weighted by molar-refractivity contribution is -0.139. The van der Waals surface area contributed by atoms with Crippen LogP contribution in [0.5, 0.6) is 0 Å². The fourth-order valence-corrected chi connectivity index (χ4v) is 1.12. The normalized spacial score (nSPS) is 12.2. The zero-order valence-electron chi connectivity index (χ0n) is 10.7. The van der Waals surface area contributed by atoms with Gasteiger partial charge in [-0.25, -0.2) is 9.59 Å². The predicted molar refractivity (Wildman–Crippen MR) is 64.0 cm³/mol. The van der Waals surface area contributed by atoms with Gasteiger partial charge in [-0.15, -0.1) is 0 Å². The molecular formula is C10H18N4O4. The molecule has 0 unspecified atom stereocenters. The van der Waals surface area contributed by atoms with Gasteiger partial charge in [0.2, 0.25) is 0 Å². The molecule has 0 aromatic rings. The average Bonchev–Trinajstić information content (AvgIpc) is 2.19. The van der Waals surface area contributed by atoms with E-state index in [-0.39, 0.29) is 13.0 Å². The summed E-state index contributed by atoms with van der Waals surface area (Å²) in [6.07, 6.45) is -0.233. The second-order valence-electron chi connectivity index (χ2n) is 4.63. The lowest BCUT2D eigenvalue weighted by Gasteiger charge is -2.21. The van der Waals surface area contributed by atoms with Crippen molar-refractivity contribution in [2.45, 2.75) is 45.3 Å². The minimum atomic E-state index is -1.15. The minimum Gasteiger partial charge on any atom is -0.480 e. The fraction of sp³-hybridized carbons (Fsp3) is 0.800. The first-order valence-electron chi connectivity index (χ1n) is 5.49. The van der Waals surface area contributed by atoms with Gasteiger partial charge < -0.3 is 15.2 Å². The van der Waals surface area contributed by atoms with Crippen LogP contribution in [0.4, 0.5) is 4.79 Å². The van der Waals surface area contributed by atoms with Crippen LogP contribution in [-0.4, -0.2) is 35.4 Å². The van der Waals surface area contributed by atoms with Crippen molar-refractivity contribution >= 4 is 12.1 Å². The highest BCUT2D eigenvalue weighted by molar-refractivity contribution is 5.79. The molecular weight excluding hydrogens is 240 g/mol. The molecule has 0 aliphatic rings. The van der Waals surface area contributed by atoms with E-state index in [1.165, 1.54) is 0 Å². The number of nitrogens with one attached hydrogen (secondary N) is 1. The molecule has 1 atom stereocenters. The monoisotopic (exact) mass is 258 g/mol. The quantitative estimate of drug-likeness (QED) is 0.327. The van der Waals surface area contributed by atoms with E-state index in [2.05, 4.69) is 15.3 Å². The number of azide groups is 1. The Morgan fingerprint density at radius 3 is 2.56 bits per heavy atom. The number of rotatable bonds is 6. The zero-order valence-corrected chi connectivity index (χ0v) is 10.7. The van der Waals surface area contributed by atoms with Crippen LogP contribution in [0, 0.1) is 0 Å². The van der Waals surface area contributed by atoms with Crippen molar-refractivity contribution < 1.29 is 19.4 Å². The first kappa shape index (κ1) is 16.1. The Kier molecular flexibility index (Phi) is 6.59. The molecule has 0 saturated heterocycles. The third-order valence-corrected chi connectivity index (χ3v) is 1.80. The Morgan fingerprint density at radius 2 is 2.11 bits per heavy atom. The number of aliphatic carboxylic acids is 1. The number of nitrogens with zero attached hydrogens (tertiary/aromatic N) is 3. The Morgan fingerprint density at radius 1 is 1.50 bits per heavy atom. The van der Waals surface area contributed by atoms with Gasteiger partial charge in [0.15, 0.2) is 0 Å². The summed E-state index contributed by atoms with van der Waals surface area (Å²) < 4.78 is 4.95. The molecule has 0 aromatic carbocycles. The average molecular weight is 258 g/mol. The van der Waals surface area contributed by atoms with Crippen molar-refractivity contribution in [1.29, 1.82) is 0 Å². The summed E-state index contributed by atoms with van der Waals surface area (Å²) in [5.74, 6) is -1.15. The molecule has 0 aliphatic heterocycles. The summed E-state index contributed by atoms with van der Waals surface area (Å²) in [7, 11) is 0. The molecule has 0 aromatic heterocycles. The van der Waals surface area contributed by atoms with Crippen LogP contribution >= 0.6 is 0 Å². The first-order valence-corrected chi connectivity index (χ1v) is 5.49. The molecule has 1 amide bonds. The fourth-order valence-electron chi connectivity index (χ4n) is 1.12. The molecule has 8 nitrogen and oxygen atoms in total. The maximum absolute atomic E-state index is 11.4. The van der Waals surface area contributed by atoms with E-state index in [1.54, 1.807) is 20.8 Å². The van der Waals surface area contributed by atoms with Gasteiger partial charge in [0.25, 0.3) is 0 Å². The summed E-state index contributed by atoms with van der Waals surface area (Å²) >= 11 is 0. The number of amides is 1. The standard InChI is InChI=1S/C10H18N4O4/c1-10(2,3)18-9(17)13-7(8(15)16)5-4-6-12-14-11/h7H,4-6H2,1-3H3,(H,13,17)(H,15,16)/t7-/m1/s1. The molecule has 0 heterocycles. The Bertz CT molecular complexity index is 344. The number of carboxylic acid groups (broad SMARTS) is 1. The van der Waals surface area contributed by atoms with E-state index in [9.17, 15) is 9.59 Å². The molecule has 0 fully saturated rings. The summed E-state index contributed by atoms with van der Waals surface area (Å²) in [6, 6.07) is -1.05. The molecule has 18 heavy (non-hydrogen) atoms. The van der Waals surface area contributed by atoms with Gasteiger partial charge in [-0.1, -0.05) is 5.11 Å². The molecule has 0 bridgehead atoms. The van der Waals surface area contributed by atoms with Gasteiger partial charge in [-0.3, -0.25) is 0 Å². The summed E-state index contributed by atoms with van der Waals surface area (Å²) in [4.78, 5) is 24.8. The Labute approximate surface area is 105 Å². The lowest BCUT2D eigenvalue weighted by atomic mass is 10.1. The maximum Gasteiger partial charge on any atom is 0.408 e. The van der Waals surface area contributed by atoms with Crippen molar-refractivity contribution in [3.8, 4) is 0 Å². The number of carbonyl (C=O) groups excluding carboxylic acids is 1. The molecule has 0 rings (SSSR count). The van der Waals surface area contributed by atoms with Gasteiger partial charge in [0.1, 0.15) is 11.6 Å². The third-order valence-electron chi connectivity index (χ3n) is 1.80. The number of carboxylic acids is 1. The van der Waals surface area contributed by atoms with Gasteiger partial charge in [0.05, 0.1) is 0 Å². The SMILES string of the molecule is CC(C)(C)OC(=O)N[C@H](CCCN=[N+]=[N-])C(=O)O. The molecule has 8 heteroatoms. The maximum atomic E-state index is 11.4. The van der Waals surface area contributed by atoms with Crippen molar-refractivity contribution in [3.63, 3.8) is 0 Å². The van der Waals surface area contributed by atoms with Gasteiger partial charge in [-0.2, -0.15) is 0 Å². The zero-order chi connectivity index (χ0) is 14.2. The highest BCUT2D eigenvalue weighted by Crippen LogP contribution is 2.07. The minimum absolute atomic E-state index is 0.174. The Hall–Kier alpha value is -1.95. The molecule has 2 N–H and O–H groups in total. The van der Waals surface area contributed by atoms with Crippen molar-refractivity contribution in [2.75, 3.05) is 6.54 Å². The van der Waals surface area contributed by atoms with Crippen molar-refractivity contribution in [1.82, 2.24) is 5.32 Å². The lowest BCUT2D eigenvalue weighted by Crippen LogP contribution is -2.43. The van der Waals surface area contributed by atoms with Crippen LogP contribution < -0.4 is 5.32 Å². The smallest absolute Gasteiger partial charge is 0.408 e. The molecule has 0 aliphatic carbocycles. The third kappa shape index (κ3) is 8.23. The molecule has 102 valence electrons. The number of ether oxygens (including phenoxy) is 1. The number of hydrogen-bond donors (Lipinski definition) is 2. The molecule has 0 radical (unpaired) electrons. The Balaban J connectivity index is 4.23. The number of hydrogen-bond acceptors (Lipinski definition) is 4. The summed E-state index contributed by atoms with van der Waals surface area (Å²) in [5, 5.41) is 14.4. The second kappa shape index (κ2) is 7.39. The van der Waals surface area contributed by atoms with Crippen LogP contribution in [0.2, 0.25) is 0 Å². The van der Waals surface area contributed by atoms with E-state index in [0.717, 1.165) is 0 Å². The number of alkyl carbamates (subject to hydrolysis) is 1. The number of carbonyl (C=O) groups is 2. The van der Waals surface area contributed by atoms with E-state index in [0.29, 0.717) is 6.42 Å². The van der Waals surface area contributed by atoms with Crippen molar-refractivity contribution in [2.24, 2.45) is 5.11 Å². The van der Waals surface area contributed by atoms with Crippen LogP contribution in [0.3, 0.4) is 0 Å². The van der Waals surface area contributed by atoms with Gasteiger partial charge in [0, 0.05) is 11.5 Å². The van der Waals surface area contributed by atoms with E-state index in [1.807, 2.05) is 0 Å². The van der Waals surface area contributed by atoms with E-state index < -0.39 is 23.7 Å². The van der Waals surface area contributed by atoms with E-state index >= 15 is 0 Å². The van der Waals surface area contributed by atoms with Crippen LogP contribution in [0.15, 0.2) is 5.11 Å².